The Labute approximate surface area is 109 Å². The van der Waals surface area contributed by atoms with Crippen molar-refractivity contribution in [2.75, 3.05) is 18.4 Å². The molecule has 18 heavy (non-hydrogen) atoms. The first-order valence-electron chi connectivity index (χ1n) is 7.22. The molecule has 0 radical (unpaired) electrons. The fourth-order valence-corrected chi connectivity index (χ4v) is 2.98. The third-order valence-electron chi connectivity index (χ3n) is 4.11. The molecule has 0 unspecified atom stereocenters. The van der Waals surface area contributed by atoms with Crippen LogP contribution in [0.5, 0.6) is 0 Å². The number of fused-ring (bicyclic) bond motifs is 1. The van der Waals surface area contributed by atoms with Gasteiger partial charge in [-0.2, -0.15) is 5.10 Å². The highest BCUT2D eigenvalue weighted by molar-refractivity contribution is 5.39. The monoisotopic (exact) mass is 246 g/mol. The van der Waals surface area contributed by atoms with Crippen LogP contribution in [0.2, 0.25) is 0 Å². The Morgan fingerprint density at radius 3 is 3.00 bits per heavy atom. The van der Waals surface area contributed by atoms with Crippen LogP contribution in [0.15, 0.2) is 6.07 Å². The SMILES string of the molecule is c1c(NCC2CCCCC2)nnc2c1CNCC2. The molecule has 1 aliphatic heterocycles. The largest absolute Gasteiger partial charge is 0.368 e. The van der Waals surface area contributed by atoms with Crippen LogP contribution in [-0.2, 0) is 13.0 Å². The van der Waals surface area contributed by atoms with Crippen molar-refractivity contribution in [3.8, 4) is 0 Å². The number of aromatic nitrogens is 2. The fraction of sp³-hybridized carbons (Fsp3) is 0.714. The molecule has 4 nitrogen and oxygen atoms in total. The molecule has 3 rings (SSSR count). The second-order valence-electron chi connectivity index (χ2n) is 5.51. The highest BCUT2D eigenvalue weighted by Crippen LogP contribution is 2.24. The summed E-state index contributed by atoms with van der Waals surface area (Å²) >= 11 is 0. The smallest absolute Gasteiger partial charge is 0.148 e. The summed E-state index contributed by atoms with van der Waals surface area (Å²) in [5.41, 5.74) is 2.47. The Balaban J connectivity index is 1.58. The molecule has 2 N–H and O–H groups in total. The number of rotatable bonds is 3. The van der Waals surface area contributed by atoms with E-state index in [0.29, 0.717) is 0 Å². The molecule has 0 saturated heterocycles. The van der Waals surface area contributed by atoms with Crippen LogP contribution in [0.4, 0.5) is 5.82 Å². The van der Waals surface area contributed by atoms with Crippen molar-refractivity contribution in [3.05, 3.63) is 17.3 Å². The van der Waals surface area contributed by atoms with Gasteiger partial charge in [-0.15, -0.1) is 5.10 Å². The summed E-state index contributed by atoms with van der Waals surface area (Å²) in [6.07, 6.45) is 7.95. The molecule has 1 fully saturated rings. The van der Waals surface area contributed by atoms with E-state index in [1.54, 1.807) is 0 Å². The van der Waals surface area contributed by atoms with E-state index in [-0.39, 0.29) is 0 Å². The van der Waals surface area contributed by atoms with Crippen molar-refractivity contribution in [1.29, 1.82) is 0 Å². The van der Waals surface area contributed by atoms with Gasteiger partial charge in [0.05, 0.1) is 5.69 Å². The van der Waals surface area contributed by atoms with Gasteiger partial charge in [-0.1, -0.05) is 19.3 Å². The minimum absolute atomic E-state index is 0.828. The van der Waals surface area contributed by atoms with Crippen LogP contribution < -0.4 is 10.6 Å². The van der Waals surface area contributed by atoms with E-state index in [1.807, 2.05) is 0 Å². The second-order valence-corrected chi connectivity index (χ2v) is 5.51. The van der Waals surface area contributed by atoms with E-state index in [2.05, 4.69) is 26.9 Å². The standard InChI is InChI=1S/C14H22N4/c1-2-4-11(5-3-1)9-16-14-8-12-10-15-7-6-13(12)17-18-14/h8,11,15H,1-7,9-10H2,(H,16,18). The Morgan fingerprint density at radius 1 is 1.22 bits per heavy atom. The van der Waals surface area contributed by atoms with Gasteiger partial charge in [-0.3, -0.25) is 0 Å². The summed E-state index contributed by atoms with van der Waals surface area (Å²) in [5.74, 6) is 1.78. The average molecular weight is 246 g/mol. The zero-order valence-electron chi connectivity index (χ0n) is 10.9. The fourth-order valence-electron chi connectivity index (χ4n) is 2.98. The van der Waals surface area contributed by atoms with Crippen molar-refractivity contribution >= 4 is 5.82 Å². The van der Waals surface area contributed by atoms with Crippen LogP contribution >= 0.6 is 0 Å². The summed E-state index contributed by atoms with van der Waals surface area (Å²) < 4.78 is 0. The Bertz CT molecular complexity index is 399. The maximum absolute atomic E-state index is 4.33. The third kappa shape index (κ3) is 2.80. The lowest BCUT2D eigenvalue weighted by molar-refractivity contribution is 0.373. The summed E-state index contributed by atoms with van der Waals surface area (Å²) in [6.45, 7) is 3.01. The molecule has 1 saturated carbocycles. The van der Waals surface area contributed by atoms with Crippen LogP contribution in [0.1, 0.15) is 43.4 Å². The molecule has 4 heteroatoms. The minimum atomic E-state index is 0.828. The van der Waals surface area contributed by atoms with Crippen LogP contribution in [-0.4, -0.2) is 23.3 Å². The normalized spacial score (nSPS) is 20.4. The zero-order valence-corrected chi connectivity index (χ0v) is 10.9. The molecule has 0 aromatic carbocycles. The molecule has 98 valence electrons. The van der Waals surface area contributed by atoms with E-state index in [9.17, 15) is 0 Å². The zero-order chi connectivity index (χ0) is 12.2. The van der Waals surface area contributed by atoms with Gasteiger partial charge in [0.15, 0.2) is 0 Å². The average Bonchev–Trinajstić information content (AvgIpc) is 2.46. The molecule has 0 bridgehead atoms. The molecule has 2 aliphatic rings. The predicted molar refractivity (Wildman–Crippen MR) is 72.5 cm³/mol. The van der Waals surface area contributed by atoms with Crippen LogP contribution in [0.25, 0.3) is 0 Å². The Morgan fingerprint density at radius 2 is 2.11 bits per heavy atom. The summed E-state index contributed by atoms with van der Waals surface area (Å²) in [6, 6.07) is 2.16. The summed E-state index contributed by atoms with van der Waals surface area (Å²) in [7, 11) is 0. The number of nitrogens with zero attached hydrogens (tertiary/aromatic N) is 2. The first-order valence-corrected chi connectivity index (χ1v) is 7.22. The Hall–Kier alpha value is -1.16. The van der Waals surface area contributed by atoms with Gasteiger partial charge in [0, 0.05) is 26.1 Å². The topological polar surface area (TPSA) is 49.8 Å². The van der Waals surface area contributed by atoms with Gasteiger partial charge in [0.2, 0.25) is 0 Å². The van der Waals surface area contributed by atoms with Crippen molar-refractivity contribution in [3.63, 3.8) is 0 Å². The van der Waals surface area contributed by atoms with Crippen molar-refractivity contribution in [1.82, 2.24) is 15.5 Å². The molecule has 2 heterocycles. The van der Waals surface area contributed by atoms with Crippen molar-refractivity contribution < 1.29 is 0 Å². The molecular weight excluding hydrogens is 224 g/mol. The predicted octanol–water partition coefficient (Wildman–Crippen LogP) is 2.11. The molecule has 1 aromatic rings. The number of nitrogens with one attached hydrogen (secondary N) is 2. The van der Waals surface area contributed by atoms with Gasteiger partial charge >= 0.3 is 0 Å². The minimum Gasteiger partial charge on any atom is -0.368 e. The number of anilines is 1. The lowest BCUT2D eigenvalue weighted by Crippen LogP contribution is -2.25. The third-order valence-corrected chi connectivity index (χ3v) is 4.11. The van der Waals surface area contributed by atoms with Crippen LogP contribution in [0, 0.1) is 5.92 Å². The second kappa shape index (κ2) is 5.65. The van der Waals surface area contributed by atoms with Gasteiger partial charge < -0.3 is 10.6 Å². The number of hydrogen-bond acceptors (Lipinski definition) is 4. The molecule has 0 spiro atoms. The first-order chi connectivity index (χ1) is 8.92. The Kier molecular flexibility index (Phi) is 3.74. The van der Waals surface area contributed by atoms with E-state index in [4.69, 9.17) is 0 Å². The highest BCUT2D eigenvalue weighted by atomic mass is 15.2. The maximum atomic E-state index is 4.33. The molecule has 0 amide bonds. The number of hydrogen-bond donors (Lipinski definition) is 2. The highest BCUT2D eigenvalue weighted by Gasteiger charge is 2.15. The van der Waals surface area contributed by atoms with Gasteiger partial charge in [0.1, 0.15) is 5.82 Å². The van der Waals surface area contributed by atoms with Gasteiger partial charge in [0.25, 0.3) is 0 Å². The van der Waals surface area contributed by atoms with Gasteiger partial charge in [-0.25, -0.2) is 0 Å². The molecule has 1 aromatic heterocycles. The van der Waals surface area contributed by atoms with Crippen molar-refractivity contribution in [2.45, 2.75) is 45.1 Å². The van der Waals surface area contributed by atoms with E-state index in [0.717, 1.165) is 43.5 Å². The van der Waals surface area contributed by atoms with E-state index in [1.165, 1.54) is 37.7 Å². The quantitative estimate of drug-likeness (QED) is 0.857. The molecular formula is C14H22N4. The molecule has 0 atom stereocenters. The maximum Gasteiger partial charge on any atom is 0.148 e. The van der Waals surface area contributed by atoms with Crippen molar-refractivity contribution in [2.24, 2.45) is 5.92 Å². The summed E-state index contributed by atoms with van der Waals surface area (Å²) in [4.78, 5) is 0. The van der Waals surface area contributed by atoms with E-state index < -0.39 is 0 Å². The first kappa shape index (κ1) is 11.9. The lowest BCUT2D eigenvalue weighted by atomic mass is 9.89. The molecule has 1 aliphatic carbocycles. The lowest BCUT2D eigenvalue weighted by Gasteiger charge is -2.22. The summed E-state index contributed by atoms with van der Waals surface area (Å²) in [5, 5.41) is 15.5. The van der Waals surface area contributed by atoms with Crippen LogP contribution in [0.3, 0.4) is 0 Å². The van der Waals surface area contributed by atoms with E-state index >= 15 is 0 Å². The van der Waals surface area contributed by atoms with Gasteiger partial charge in [-0.05, 0) is 30.4 Å².